The molecule has 0 bridgehead atoms. The highest BCUT2D eigenvalue weighted by Crippen LogP contribution is 2.36. The molecule has 0 aliphatic rings. The molecule has 3 rings (SSSR count). The third kappa shape index (κ3) is 3.53. The quantitative estimate of drug-likeness (QED) is 0.628. The van der Waals surface area contributed by atoms with E-state index in [0.717, 1.165) is 27.0 Å². The molecule has 0 fully saturated rings. The number of hydrogen-bond donors (Lipinski definition) is 1. The van der Waals surface area contributed by atoms with Gasteiger partial charge in [-0.1, -0.05) is 35.1 Å². The summed E-state index contributed by atoms with van der Waals surface area (Å²) in [7, 11) is 0. The van der Waals surface area contributed by atoms with Crippen LogP contribution in [-0.4, -0.2) is 23.5 Å². The van der Waals surface area contributed by atoms with Gasteiger partial charge in [-0.05, 0) is 32.4 Å². The average molecular weight is 395 g/mol. The Labute approximate surface area is 157 Å². The number of thiazole rings is 1. The van der Waals surface area contributed by atoms with E-state index in [1.54, 1.807) is 13.8 Å². The number of anilines is 1. The third-order valence-corrected chi connectivity index (χ3v) is 6.18. The van der Waals surface area contributed by atoms with Crippen LogP contribution in [0.5, 0.6) is 0 Å². The second-order valence-electron chi connectivity index (χ2n) is 5.35. The molecule has 0 saturated heterocycles. The monoisotopic (exact) mass is 394 g/mol. The summed E-state index contributed by atoms with van der Waals surface area (Å²) in [4.78, 5) is 29.5. The van der Waals surface area contributed by atoms with E-state index in [1.165, 1.54) is 11.3 Å². The molecule has 3 aromatic rings. The Kier molecular flexibility index (Phi) is 5.08. The molecule has 8 heteroatoms. The van der Waals surface area contributed by atoms with E-state index in [-0.39, 0.29) is 12.5 Å². The first kappa shape index (κ1) is 17.8. The summed E-state index contributed by atoms with van der Waals surface area (Å²) < 4.78 is 5.94. The summed E-state index contributed by atoms with van der Waals surface area (Å²) in [6, 6.07) is 5.86. The lowest BCUT2D eigenvalue weighted by molar-refractivity contribution is 0.0531. The SMILES string of the molecule is CCOC(=O)c1sc(NC(=O)c2sc3cc(C)ccc3c2Cl)nc1C. The number of hydrogen-bond acceptors (Lipinski definition) is 6. The summed E-state index contributed by atoms with van der Waals surface area (Å²) in [5, 5.41) is 4.34. The molecule has 0 unspecified atom stereocenters. The molecule has 1 N–H and O–H groups in total. The second kappa shape index (κ2) is 7.11. The van der Waals surface area contributed by atoms with Gasteiger partial charge in [0.15, 0.2) is 5.13 Å². The van der Waals surface area contributed by atoms with Crippen molar-refractivity contribution in [1.82, 2.24) is 4.98 Å². The number of aryl methyl sites for hydroxylation is 2. The average Bonchev–Trinajstić information content (AvgIpc) is 3.07. The van der Waals surface area contributed by atoms with Gasteiger partial charge in [-0.3, -0.25) is 10.1 Å². The summed E-state index contributed by atoms with van der Waals surface area (Å²) in [5.41, 5.74) is 1.63. The van der Waals surface area contributed by atoms with Gasteiger partial charge >= 0.3 is 5.97 Å². The van der Waals surface area contributed by atoms with Crippen LogP contribution in [0.3, 0.4) is 0 Å². The normalized spacial score (nSPS) is 10.9. The van der Waals surface area contributed by atoms with Crippen LogP contribution >= 0.6 is 34.3 Å². The number of ether oxygens (including phenoxy) is 1. The molecule has 2 aromatic heterocycles. The van der Waals surface area contributed by atoms with Crippen molar-refractivity contribution < 1.29 is 14.3 Å². The van der Waals surface area contributed by atoms with Crippen LogP contribution in [0.25, 0.3) is 10.1 Å². The minimum absolute atomic E-state index is 0.286. The van der Waals surface area contributed by atoms with Gasteiger partial charge in [0.1, 0.15) is 9.75 Å². The number of rotatable bonds is 4. The Bertz CT molecular complexity index is 978. The Morgan fingerprint density at radius 1 is 1.24 bits per heavy atom. The maximum atomic E-state index is 12.6. The van der Waals surface area contributed by atoms with Crippen molar-refractivity contribution in [1.29, 1.82) is 0 Å². The van der Waals surface area contributed by atoms with Crippen molar-refractivity contribution in [3.63, 3.8) is 0 Å². The highest BCUT2D eigenvalue weighted by atomic mass is 35.5. The van der Waals surface area contributed by atoms with Crippen molar-refractivity contribution in [2.75, 3.05) is 11.9 Å². The van der Waals surface area contributed by atoms with Crippen LogP contribution in [0.1, 0.15) is 37.5 Å². The van der Waals surface area contributed by atoms with E-state index in [4.69, 9.17) is 16.3 Å². The molecule has 0 radical (unpaired) electrons. The van der Waals surface area contributed by atoms with E-state index in [2.05, 4.69) is 10.3 Å². The summed E-state index contributed by atoms with van der Waals surface area (Å²) in [6.45, 7) is 5.71. The van der Waals surface area contributed by atoms with Crippen molar-refractivity contribution in [2.45, 2.75) is 20.8 Å². The number of nitrogens with zero attached hydrogens (tertiary/aromatic N) is 1. The van der Waals surface area contributed by atoms with E-state index in [9.17, 15) is 9.59 Å². The highest BCUT2D eigenvalue weighted by Gasteiger charge is 2.21. The number of amides is 1. The fourth-order valence-electron chi connectivity index (χ4n) is 2.31. The van der Waals surface area contributed by atoms with Crippen LogP contribution in [0.2, 0.25) is 5.02 Å². The molecule has 130 valence electrons. The molecule has 1 amide bonds. The van der Waals surface area contributed by atoms with Crippen LogP contribution in [0.4, 0.5) is 5.13 Å². The zero-order valence-corrected chi connectivity index (χ0v) is 16.2. The van der Waals surface area contributed by atoms with Gasteiger partial charge in [-0.15, -0.1) is 11.3 Å². The largest absolute Gasteiger partial charge is 0.462 e. The number of nitrogens with one attached hydrogen (secondary N) is 1. The predicted octanol–water partition coefficient (Wildman–Crippen LogP) is 5.06. The molecule has 0 atom stereocenters. The van der Waals surface area contributed by atoms with E-state index in [1.807, 2.05) is 25.1 Å². The third-order valence-electron chi connectivity index (χ3n) is 3.47. The van der Waals surface area contributed by atoms with E-state index >= 15 is 0 Å². The van der Waals surface area contributed by atoms with Gasteiger partial charge in [0.05, 0.1) is 17.3 Å². The number of esters is 1. The Morgan fingerprint density at radius 3 is 2.72 bits per heavy atom. The maximum Gasteiger partial charge on any atom is 0.350 e. The topological polar surface area (TPSA) is 68.3 Å². The first-order valence-corrected chi connectivity index (χ1v) is 9.56. The van der Waals surface area contributed by atoms with Gasteiger partial charge in [-0.2, -0.15) is 0 Å². The van der Waals surface area contributed by atoms with E-state index in [0.29, 0.717) is 25.6 Å². The number of carbonyl (C=O) groups is 2. The summed E-state index contributed by atoms with van der Waals surface area (Å²) >= 11 is 8.78. The van der Waals surface area contributed by atoms with Crippen LogP contribution in [0.15, 0.2) is 18.2 Å². The van der Waals surface area contributed by atoms with Gasteiger partial charge in [0, 0.05) is 10.1 Å². The lowest BCUT2D eigenvalue weighted by atomic mass is 10.2. The minimum atomic E-state index is -0.437. The number of aromatic nitrogens is 1. The Balaban J connectivity index is 1.87. The Morgan fingerprint density at radius 2 is 2.00 bits per heavy atom. The van der Waals surface area contributed by atoms with Crippen molar-refractivity contribution in [3.05, 3.63) is 44.2 Å². The number of fused-ring (bicyclic) bond motifs is 1. The van der Waals surface area contributed by atoms with Crippen LogP contribution in [-0.2, 0) is 4.74 Å². The minimum Gasteiger partial charge on any atom is -0.462 e. The lowest BCUT2D eigenvalue weighted by Crippen LogP contribution is -2.10. The first-order valence-electron chi connectivity index (χ1n) is 7.55. The lowest BCUT2D eigenvalue weighted by Gasteiger charge is -1.99. The maximum absolute atomic E-state index is 12.6. The van der Waals surface area contributed by atoms with E-state index < -0.39 is 5.97 Å². The standard InChI is InChI=1S/C17H15ClN2O3S2/c1-4-23-16(22)13-9(3)19-17(25-13)20-15(21)14-12(18)10-6-5-8(2)7-11(10)24-14/h5-7H,4H2,1-3H3,(H,19,20,21). The molecule has 5 nitrogen and oxygen atoms in total. The molecular weight excluding hydrogens is 380 g/mol. The number of benzene rings is 1. The smallest absolute Gasteiger partial charge is 0.350 e. The first-order chi connectivity index (χ1) is 11.9. The summed E-state index contributed by atoms with van der Waals surface area (Å²) in [5.74, 6) is -0.776. The predicted molar refractivity (Wildman–Crippen MR) is 102 cm³/mol. The van der Waals surface area contributed by atoms with Gasteiger partial charge < -0.3 is 4.74 Å². The zero-order valence-electron chi connectivity index (χ0n) is 13.8. The number of thiophene rings is 1. The zero-order chi connectivity index (χ0) is 18.1. The number of carbonyl (C=O) groups excluding carboxylic acids is 2. The van der Waals surface area contributed by atoms with Gasteiger partial charge in [-0.25, -0.2) is 9.78 Å². The molecule has 0 spiro atoms. The molecule has 0 aliphatic heterocycles. The molecule has 2 heterocycles. The van der Waals surface area contributed by atoms with Crippen molar-refractivity contribution >= 4 is 61.4 Å². The molecule has 0 aliphatic carbocycles. The fraction of sp³-hybridized carbons (Fsp3) is 0.235. The van der Waals surface area contributed by atoms with Gasteiger partial charge in [0.2, 0.25) is 0 Å². The molecule has 0 saturated carbocycles. The molecule has 1 aromatic carbocycles. The summed E-state index contributed by atoms with van der Waals surface area (Å²) in [6.07, 6.45) is 0. The van der Waals surface area contributed by atoms with Gasteiger partial charge in [0.25, 0.3) is 5.91 Å². The second-order valence-corrected chi connectivity index (χ2v) is 7.78. The highest BCUT2D eigenvalue weighted by molar-refractivity contribution is 7.22. The van der Waals surface area contributed by atoms with Crippen LogP contribution in [0, 0.1) is 13.8 Å². The Hall–Kier alpha value is -1.96. The number of halogens is 1. The fourth-order valence-corrected chi connectivity index (χ4v) is 4.67. The molecular formula is C17H15ClN2O3S2. The van der Waals surface area contributed by atoms with Crippen molar-refractivity contribution in [3.8, 4) is 0 Å². The van der Waals surface area contributed by atoms with Crippen molar-refractivity contribution in [2.24, 2.45) is 0 Å². The van der Waals surface area contributed by atoms with Crippen LogP contribution < -0.4 is 5.32 Å². The molecule has 25 heavy (non-hydrogen) atoms.